The molecular formula is C19H18F2N6O4S. The van der Waals surface area contributed by atoms with Gasteiger partial charge in [0.1, 0.15) is 17.3 Å². The molecule has 4 rings (SSSR count). The first-order valence-electron chi connectivity index (χ1n) is 9.51. The van der Waals surface area contributed by atoms with Crippen molar-refractivity contribution in [3.05, 3.63) is 59.4 Å². The fourth-order valence-electron chi connectivity index (χ4n) is 3.18. The van der Waals surface area contributed by atoms with E-state index in [0.29, 0.717) is 5.82 Å². The molecule has 0 unspecified atom stereocenters. The highest BCUT2D eigenvalue weighted by atomic mass is 32.2. The predicted molar refractivity (Wildman–Crippen MR) is 108 cm³/mol. The Hall–Kier alpha value is -3.29. The molecule has 1 aromatic heterocycles. The van der Waals surface area contributed by atoms with Crippen LogP contribution in [0, 0.1) is 18.6 Å². The van der Waals surface area contributed by atoms with Crippen LogP contribution in [-0.2, 0) is 14.8 Å². The van der Waals surface area contributed by atoms with Crippen molar-refractivity contribution in [1.29, 1.82) is 0 Å². The van der Waals surface area contributed by atoms with E-state index in [9.17, 15) is 22.0 Å². The number of aryl methyl sites for hydroxylation is 1. The van der Waals surface area contributed by atoms with Crippen LogP contribution in [0.25, 0.3) is 5.69 Å². The topological polar surface area (TPSA) is 119 Å². The number of aromatic nitrogens is 4. The highest BCUT2D eigenvalue weighted by Crippen LogP contribution is 2.23. The number of tetrazole rings is 1. The number of amides is 1. The van der Waals surface area contributed by atoms with Crippen LogP contribution < -0.4 is 5.32 Å². The molecule has 1 aliphatic heterocycles. The first-order chi connectivity index (χ1) is 15.3. The van der Waals surface area contributed by atoms with Crippen molar-refractivity contribution >= 4 is 21.6 Å². The Morgan fingerprint density at radius 3 is 2.50 bits per heavy atom. The van der Waals surface area contributed by atoms with E-state index in [-0.39, 0.29) is 42.6 Å². The molecule has 1 saturated heterocycles. The number of sulfonamides is 1. The van der Waals surface area contributed by atoms with Gasteiger partial charge in [0.25, 0.3) is 5.91 Å². The molecule has 2 aromatic carbocycles. The highest BCUT2D eigenvalue weighted by molar-refractivity contribution is 7.89. The average molecular weight is 464 g/mol. The number of nitrogens with zero attached hydrogens (tertiary/aromatic N) is 5. The van der Waals surface area contributed by atoms with Gasteiger partial charge in [-0.15, -0.1) is 5.10 Å². The quantitative estimate of drug-likeness (QED) is 0.608. The number of anilines is 1. The Morgan fingerprint density at radius 2 is 1.81 bits per heavy atom. The van der Waals surface area contributed by atoms with Gasteiger partial charge in [0, 0.05) is 18.8 Å². The molecule has 1 N–H and O–H groups in total. The van der Waals surface area contributed by atoms with Gasteiger partial charge in [-0.3, -0.25) is 4.79 Å². The molecule has 1 fully saturated rings. The summed E-state index contributed by atoms with van der Waals surface area (Å²) >= 11 is 0. The Kier molecular flexibility index (Phi) is 5.95. The summed E-state index contributed by atoms with van der Waals surface area (Å²) in [4.78, 5) is 12.5. The van der Waals surface area contributed by atoms with Crippen LogP contribution in [0.3, 0.4) is 0 Å². The van der Waals surface area contributed by atoms with Crippen molar-refractivity contribution < 1.29 is 26.7 Å². The molecule has 0 atom stereocenters. The lowest BCUT2D eigenvalue weighted by molar-refractivity contribution is 0.0730. The van der Waals surface area contributed by atoms with Gasteiger partial charge < -0.3 is 10.1 Å². The summed E-state index contributed by atoms with van der Waals surface area (Å²) in [5.41, 5.74) is -0.347. The van der Waals surface area contributed by atoms with Crippen LogP contribution >= 0.6 is 0 Å². The lowest BCUT2D eigenvalue weighted by atomic mass is 10.2. The zero-order valence-electron chi connectivity index (χ0n) is 16.8. The van der Waals surface area contributed by atoms with Crippen LogP contribution in [0.2, 0.25) is 0 Å². The molecule has 1 amide bonds. The van der Waals surface area contributed by atoms with Gasteiger partial charge in [-0.2, -0.15) is 8.99 Å². The van der Waals surface area contributed by atoms with Gasteiger partial charge in [-0.25, -0.2) is 17.2 Å². The van der Waals surface area contributed by atoms with Gasteiger partial charge in [-0.1, -0.05) is 0 Å². The molecule has 168 valence electrons. The second kappa shape index (κ2) is 8.68. The number of morpholine rings is 1. The zero-order chi connectivity index (χ0) is 22.9. The molecule has 1 aliphatic rings. The number of ether oxygens (including phenoxy) is 1. The van der Waals surface area contributed by atoms with Crippen LogP contribution in [-0.4, -0.2) is 65.1 Å². The number of hydrogen-bond acceptors (Lipinski definition) is 7. The first kappa shape index (κ1) is 21.9. The third-order valence-corrected chi connectivity index (χ3v) is 6.74. The maximum atomic E-state index is 14.4. The molecule has 0 spiro atoms. The lowest BCUT2D eigenvalue weighted by Crippen LogP contribution is -2.40. The molecule has 32 heavy (non-hydrogen) atoms. The van der Waals surface area contributed by atoms with Crippen molar-refractivity contribution in [2.45, 2.75) is 11.8 Å². The van der Waals surface area contributed by atoms with E-state index in [2.05, 4.69) is 20.8 Å². The summed E-state index contributed by atoms with van der Waals surface area (Å²) in [5.74, 6) is -2.11. The van der Waals surface area contributed by atoms with E-state index in [0.717, 1.165) is 28.9 Å². The zero-order valence-corrected chi connectivity index (χ0v) is 17.6. The SMILES string of the molecule is Cc1nnnn1-c1cc(NC(=O)c2cc(S(=O)(=O)N3CCOCC3)ccc2F)ccc1F. The number of benzene rings is 2. The van der Waals surface area contributed by atoms with E-state index >= 15 is 0 Å². The number of carbonyl (C=O) groups is 1. The molecule has 13 heteroatoms. The van der Waals surface area contributed by atoms with Crippen molar-refractivity contribution in [2.24, 2.45) is 0 Å². The Balaban J connectivity index is 1.62. The van der Waals surface area contributed by atoms with Gasteiger partial charge in [0.2, 0.25) is 10.0 Å². The Labute approximate surface area is 181 Å². The summed E-state index contributed by atoms with van der Waals surface area (Å²) in [5, 5.41) is 13.3. The third-order valence-electron chi connectivity index (χ3n) is 4.85. The molecule has 0 bridgehead atoms. The maximum Gasteiger partial charge on any atom is 0.258 e. The van der Waals surface area contributed by atoms with Gasteiger partial charge in [0.05, 0.1) is 23.7 Å². The minimum Gasteiger partial charge on any atom is -0.379 e. The normalized spacial score (nSPS) is 15.0. The smallest absolute Gasteiger partial charge is 0.258 e. The summed E-state index contributed by atoms with van der Waals surface area (Å²) in [6.07, 6.45) is 0. The third kappa shape index (κ3) is 4.22. The van der Waals surface area contributed by atoms with Crippen LogP contribution in [0.1, 0.15) is 16.2 Å². The average Bonchev–Trinajstić information content (AvgIpc) is 3.21. The van der Waals surface area contributed by atoms with Gasteiger partial charge in [-0.05, 0) is 53.7 Å². The van der Waals surface area contributed by atoms with Crippen LogP contribution in [0.5, 0.6) is 0 Å². The number of rotatable bonds is 5. The van der Waals surface area contributed by atoms with Crippen molar-refractivity contribution in [3.63, 3.8) is 0 Å². The number of halogens is 2. The van der Waals surface area contributed by atoms with E-state index in [1.54, 1.807) is 6.92 Å². The largest absolute Gasteiger partial charge is 0.379 e. The van der Waals surface area contributed by atoms with E-state index in [1.807, 2.05) is 0 Å². The minimum atomic E-state index is -3.92. The van der Waals surface area contributed by atoms with Crippen LogP contribution in [0.15, 0.2) is 41.3 Å². The molecule has 2 heterocycles. The standard InChI is InChI=1S/C19H18F2N6O4S/c1-12-23-24-25-27(12)18-10-13(2-4-17(18)21)22-19(28)15-11-14(3-5-16(15)20)32(29,30)26-6-8-31-9-7-26/h2-5,10-11H,6-9H2,1H3,(H,22,28). The molecule has 0 radical (unpaired) electrons. The van der Waals surface area contributed by atoms with Crippen molar-refractivity contribution in [2.75, 3.05) is 31.6 Å². The van der Waals surface area contributed by atoms with Gasteiger partial charge in [0.15, 0.2) is 5.82 Å². The van der Waals surface area contributed by atoms with Crippen LogP contribution in [0.4, 0.5) is 14.5 Å². The van der Waals surface area contributed by atoms with E-state index in [1.165, 1.54) is 16.4 Å². The van der Waals surface area contributed by atoms with Gasteiger partial charge >= 0.3 is 0 Å². The van der Waals surface area contributed by atoms with E-state index in [4.69, 9.17) is 4.74 Å². The fraction of sp³-hybridized carbons (Fsp3) is 0.263. The highest BCUT2D eigenvalue weighted by Gasteiger charge is 2.28. The summed E-state index contributed by atoms with van der Waals surface area (Å²) < 4.78 is 61.8. The second-order valence-corrected chi connectivity index (χ2v) is 8.85. The fourth-order valence-corrected chi connectivity index (χ4v) is 4.62. The minimum absolute atomic E-state index is 0.0191. The summed E-state index contributed by atoms with van der Waals surface area (Å²) in [6.45, 7) is 2.40. The Bertz CT molecular complexity index is 1270. The molecule has 10 nitrogen and oxygen atoms in total. The Morgan fingerprint density at radius 1 is 1.09 bits per heavy atom. The second-order valence-electron chi connectivity index (χ2n) is 6.92. The summed E-state index contributed by atoms with van der Waals surface area (Å²) in [6, 6.07) is 6.66. The predicted octanol–water partition coefficient (Wildman–Crippen LogP) is 1.52. The number of nitrogens with one attached hydrogen (secondary N) is 1. The monoisotopic (exact) mass is 464 g/mol. The first-order valence-corrected chi connectivity index (χ1v) is 10.9. The van der Waals surface area contributed by atoms with E-state index < -0.39 is 33.1 Å². The molecule has 3 aromatic rings. The lowest BCUT2D eigenvalue weighted by Gasteiger charge is -2.26. The summed E-state index contributed by atoms with van der Waals surface area (Å²) in [7, 11) is -3.92. The van der Waals surface area contributed by atoms with Crippen molar-refractivity contribution in [1.82, 2.24) is 24.5 Å². The van der Waals surface area contributed by atoms with Crippen molar-refractivity contribution in [3.8, 4) is 5.69 Å². The number of hydrogen-bond donors (Lipinski definition) is 1. The maximum absolute atomic E-state index is 14.4. The molecular weight excluding hydrogens is 446 g/mol. The molecule has 0 saturated carbocycles. The molecule has 0 aliphatic carbocycles. The number of carbonyl (C=O) groups excluding carboxylic acids is 1.